The second kappa shape index (κ2) is 8.51. The maximum absolute atomic E-state index is 11.7. The van der Waals surface area contributed by atoms with Crippen LogP contribution in [0.5, 0.6) is 0 Å². The summed E-state index contributed by atoms with van der Waals surface area (Å²) in [6, 6.07) is 0. The van der Waals surface area contributed by atoms with Crippen LogP contribution in [0.25, 0.3) is 0 Å². The van der Waals surface area contributed by atoms with Crippen LogP contribution in [0.3, 0.4) is 0 Å². The molecule has 186 valence electrons. The van der Waals surface area contributed by atoms with E-state index in [2.05, 4.69) is 42.4 Å². The molecule has 1 aromatic rings. The number of rotatable bonds is 5. The van der Waals surface area contributed by atoms with Gasteiger partial charge in [0.15, 0.2) is 5.82 Å². The summed E-state index contributed by atoms with van der Waals surface area (Å²) in [6.45, 7) is 9.62. The van der Waals surface area contributed by atoms with Gasteiger partial charge in [-0.15, -0.1) is 0 Å². The third-order valence-corrected chi connectivity index (χ3v) is 11.4. The Balaban J connectivity index is 1.37. The zero-order valence-corrected chi connectivity index (χ0v) is 20.9. The van der Waals surface area contributed by atoms with Gasteiger partial charge in [0.2, 0.25) is 0 Å². The predicted molar refractivity (Wildman–Crippen MR) is 126 cm³/mol. The molecule has 5 rings (SSSR count). The van der Waals surface area contributed by atoms with Crippen molar-refractivity contribution in [3.05, 3.63) is 16.4 Å². The lowest BCUT2D eigenvalue weighted by Crippen LogP contribution is -2.61. The Kier molecular flexibility index (Phi) is 6.09. The molecular weight excluding hydrogens is 416 g/mol. The number of aromatic amines is 1. The number of aryl methyl sites for hydroxylation is 1. The SMILES string of the molecule is CC[C@H]1CC2C3CC[C@H]([C@H](C)CCc4noc(=O)[nH]4)[C@@]3(C)C[C@H](O)C2[C@@]2(C)CC[C@@H](O)C[C@@H]12. The standard InChI is InChI=1S/C27H44N2O4/c1-5-16-12-18-20-8-7-19(15(2)6-9-23-28-25(32)33-29-23)27(20,4)14-22(31)24(18)26(3)11-10-17(30)13-21(16)26/h15-22,24,30-31H,5-14H2,1-4H3,(H,28,29,32)/t15-,16+,17-,18?,19-,20?,21+,22+,24?,26+,27-/m1/s1. The van der Waals surface area contributed by atoms with Gasteiger partial charge in [-0.3, -0.25) is 9.51 Å². The van der Waals surface area contributed by atoms with E-state index >= 15 is 0 Å². The lowest BCUT2D eigenvalue weighted by molar-refractivity contribution is -0.196. The van der Waals surface area contributed by atoms with Gasteiger partial charge < -0.3 is 10.2 Å². The minimum absolute atomic E-state index is 0.156. The maximum atomic E-state index is 11.7. The Morgan fingerprint density at radius 1 is 1.15 bits per heavy atom. The fourth-order valence-electron chi connectivity index (χ4n) is 9.97. The molecule has 4 fully saturated rings. The first-order chi connectivity index (χ1) is 15.7. The molecule has 3 unspecified atom stereocenters. The highest BCUT2D eigenvalue weighted by atomic mass is 16.5. The van der Waals surface area contributed by atoms with E-state index in [9.17, 15) is 15.0 Å². The van der Waals surface area contributed by atoms with Gasteiger partial charge in [-0.05, 0) is 104 Å². The molecular formula is C27H44N2O4. The highest BCUT2D eigenvalue weighted by molar-refractivity contribution is 5.13. The lowest BCUT2D eigenvalue weighted by Gasteiger charge is -2.64. The normalized spacial score (nSPS) is 48.1. The average Bonchev–Trinajstić information content (AvgIpc) is 3.34. The molecule has 11 atom stereocenters. The number of nitrogens with one attached hydrogen (secondary N) is 1. The van der Waals surface area contributed by atoms with Crippen molar-refractivity contribution in [2.45, 2.75) is 104 Å². The lowest BCUT2D eigenvalue weighted by atomic mass is 9.41. The van der Waals surface area contributed by atoms with Gasteiger partial charge in [-0.1, -0.05) is 39.3 Å². The first-order valence-corrected chi connectivity index (χ1v) is 13.6. The number of aliphatic hydroxyl groups is 2. The molecule has 6 nitrogen and oxygen atoms in total. The van der Waals surface area contributed by atoms with Gasteiger partial charge in [0.25, 0.3) is 0 Å². The quantitative estimate of drug-likeness (QED) is 0.598. The van der Waals surface area contributed by atoms with Gasteiger partial charge in [0.05, 0.1) is 12.2 Å². The number of nitrogens with zero attached hydrogens (tertiary/aromatic N) is 1. The van der Waals surface area contributed by atoms with E-state index in [4.69, 9.17) is 0 Å². The van der Waals surface area contributed by atoms with Crippen molar-refractivity contribution < 1.29 is 14.7 Å². The smallest absolute Gasteiger partial charge is 0.393 e. The molecule has 1 heterocycles. The summed E-state index contributed by atoms with van der Waals surface area (Å²) in [5.41, 5.74) is 0.332. The Bertz CT molecular complexity index is 897. The largest absolute Gasteiger partial charge is 0.438 e. The summed E-state index contributed by atoms with van der Waals surface area (Å²) in [5, 5.41) is 26.0. The first-order valence-electron chi connectivity index (χ1n) is 13.6. The molecule has 0 aliphatic heterocycles. The van der Waals surface area contributed by atoms with E-state index in [1.54, 1.807) is 0 Å². The number of aliphatic hydroxyl groups excluding tert-OH is 2. The van der Waals surface area contributed by atoms with Crippen LogP contribution in [0, 0.1) is 52.3 Å². The molecule has 6 heteroatoms. The molecule has 4 saturated carbocycles. The Hall–Kier alpha value is -1.14. The molecule has 3 N–H and O–H groups in total. The number of H-pyrrole nitrogens is 1. The first kappa shape index (κ1) is 23.6. The summed E-state index contributed by atoms with van der Waals surface area (Å²) in [6.07, 6.45) is 10.0. The fourth-order valence-corrected chi connectivity index (χ4v) is 9.97. The Labute approximate surface area is 197 Å². The van der Waals surface area contributed by atoms with Crippen molar-refractivity contribution in [1.82, 2.24) is 10.1 Å². The van der Waals surface area contributed by atoms with Crippen LogP contribution < -0.4 is 5.76 Å². The Morgan fingerprint density at radius 3 is 2.64 bits per heavy atom. The number of fused-ring (bicyclic) bond motifs is 5. The number of hydrogen-bond donors (Lipinski definition) is 3. The highest BCUT2D eigenvalue weighted by Crippen LogP contribution is 2.69. The summed E-state index contributed by atoms with van der Waals surface area (Å²) in [5.74, 6) is 4.16. The molecule has 1 aromatic heterocycles. The third kappa shape index (κ3) is 3.74. The average molecular weight is 461 g/mol. The van der Waals surface area contributed by atoms with Crippen molar-refractivity contribution in [3.8, 4) is 0 Å². The molecule has 0 radical (unpaired) electrons. The fraction of sp³-hybridized carbons (Fsp3) is 0.926. The summed E-state index contributed by atoms with van der Waals surface area (Å²) in [4.78, 5) is 14.0. The van der Waals surface area contributed by atoms with Gasteiger partial charge in [-0.25, -0.2) is 4.79 Å². The number of aromatic nitrogens is 2. The molecule has 33 heavy (non-hydrogen) atoms. The minimum Gasteiger partial charge on any atom is -0.393 e. The molecule has 0 bridgehead atoms. The molecule has 0 amide bonds. The monoisotopic (exact) mass is 460 g/mol. The van der Waals surface area contributed by atoms with E-state index < -0.39 is 5.76 Å². The van der Waals surface area contributed by atoms with Crippen LogP contribution in [0.2, 0.25) is 0 Å². The molecule has 0 saturated heterocycles. The van der Waals surface area contributed by atoms with Crippen LogP contribution >= 0.6 is 0 Å². The van der Waals surface area contributed by atoms with Gasteiger partial charge in [-0.2, -0.15) is 0 Å². The van der Waals surface area contributed by atoms with Gasteiger partial charge >= 0.3 is 5.76 Å². The van der Waals surface area contributed by atoms with Crippen LogP contribution in [-0.2, 0) is 6.42 Å². The second-order valence-electron chi connectivity index (χ2n) is 12.8. The van der Waals surface area contributed by atoms with Crippen LogP contribution in [0.1, 0.15) is 91.3 Å². The summed E-state index contributed by atoms with van der Waals surface area (Å²) < 4.78 is 4.67. The van der Waals surface area contributed by atoms with Gasteiger partial charge in [0, 0.05) is 6.42 Å². The topological polar surface area (TPSA) is 99.4 Å². The van der Waals surface area contributed by atoms with Crippen molar-refractivity contribution in [3.63, 3.8) is 0 Å². The van der Waals surface area contributed by atoms with Crippen LogP contribution in [0.4, 0.5) is 0 Å². The van der Waals surface area contributed by atoms with Gasteiger partial charge in [0.1, 0.15) is 0 Å². The second-order valence-corrected chi connectivity index (χ2v) is 12.8. The zero-order valence-electron chi connectivity index (χ0n) is 20.9. The Morgan fingerprint density at radius 2 is 1.94 bits per heavy atom. The van der Waals surface area contributed by atoms with Crippen molar-refractivity contribution in [1.29, 1.82) is 0 Å². The van der Waals surface area contributed by atoms with E-state index in [0.717, 1.165) is 38.5 Å². The van der Waals surface area contributed by atoms with E-state index in [1.165, 1.54) is 25.7 Å². The van der Waals surface area contributed by atoms with E-state index in [1.807, 2.05) is 0 Å². The van der Waals surface area contributed by atoms with Crippen molar-refractivity contribution in [2.75, 3.05) is 0 Å². The zero-order chi connectivity index (χ0) is 23.5. The summed E-state index contributed by atoms with van der Waals surface area (Å²) in [7, 11) is 0. The van der Waals surface area contributed by atoms with Crippen molar-refractivity contribution in [2.24, 2.45) is 52.3 Å². The van der Waals surface area contributed by atoms with E-state index in [0.29, 0.717) is 47.2 Å². The predicted octanol–water partition coefficient (Wildman–Crippen LogP) is 4.56. The van der Waals surface area contributed by atoms with Crippen LogP contribution in [0.15, 0.2) is 9.32 Å². The third-order valence-electron chi connectivity index (χ3n) is 11.4. The molecule has 4 aliphatic carbocycles. The van der Waals surface area contributed by atoms with Crippen molar-refractivity contribution >= 4 is 0 Å². The molecule has 0 aromatic carbocycles. The molecule has 4 aliphatic rings. The minimum atomic E-state index is -0.475. The maximum Gasteiger partial charge on any atom is 0.438 e. The van der Waals surface area contributed by atoms with E-state index in [-0.39, 0.29) is 23.0 Å². The molecule has 0 spiro atoms. The number of hydrogen-bond acceptors (Lipinski definition) is 5. The highest BCUT2D eigenvalue weighted by Gasteiger charge is 2.64. The van der Waals surface area contributed by atoms with Crippen LogP contribution in [-0.4, -0.2) is 32.6 Å². The summed E-state index contributed by atoms with van der Waals surface area (Å²) >= 11 is 0.